The van der Waals surface area contributed by atoms with E-state index in [4.69, 9.17) is 16.6 Å². The lowest BCUT2D eigenvalue weighted by Gasteiger charge is -2.45. The van der Waals surface area contributed by atoms with Gasteiger partial charge >= 0.3 is 0 Å². The Labute approximate surface area is 163 Å². The van der Waals surface area contributed by atoms with E-state index in [2.05, 4.69) is 23.1 Å². The number of halogens is 1. The van der Waals surface area contributed by atoms with E-state index >= 15 is 0 Å². The fourth-order valence-electron chi connectivity index (χ4n) is 4.36. The molecule has 27 heavy (non-hydrogen) atoms. The number of rotatable bonds is 2. The van der Waals surface area contributed by atoms with E-state index in [0.29, 0.717) is 6.54 Å². The number of benzene rings is 3. The van der Waals surface area contributed by atoms with Crippen LogP contribution in [0.3, 0.4) is 0 Å². The van der Waals surface area contributed by atoms with Crippen LogP contribution in [-0.4, -0.2) is 28.9 Å². The van der Waals surface area contributed by atoms with Gasteiger partial charge in [-0.25, -0.2) is 0 Å². The number of fused-ring (bicyclic) bond motifs is 2. The van der Waals surface area contributed by atoms with Crippen molar-refractivity contribution in [2.24, 2.45) is 4.99 Å². The van der Waals surface area contributed by atoms with Crippen molar-refractivity contribution in [2.45, 2.75) is 11.6 Å². The normalized spacial score (nSPS) is 23.6. The SMILES string of the molecule is O[C@]1(c2ccccc2)C2=NCCN2[C@@H](c2ccc(Cl)cc2)c2ccccc21. The minimum Gasteiger partial charge on any atom is -0.373 e. The molecule has 0 unspecified atom stereocenters. The van der Waals surface area contributed by atoms with Crippen LogP contribution in [0.1, 0.15) is 28.3 Å². The number of hydrogen-bond donors (Lipinski definition) is 1. The minimum absolute atomic E-state index is 0.0173. The molecular weight excluding hydrogens is 356 g/mol. The van der Waals surface area contributed by atoms with Gasteiger partial charge in [-0.1, -0.05) is 78.3 Å². The van der Waals surface area contributed by atoms with Crippen LogP contribution < -0.4 is 0 Å². The summed E-state index contributed by atoms with van der Waals surface area (Å²) < 4.78 is 0. The van der Waals surface area contributed by atoms with Crippen molar-refractivity contribution < 1.29 is 5.11 Å². The molecule has 0 amide bonds. The quantitative estimate of drug-likeness (QED) is 0.722. The van der Waals surface area contributed by atoms with Crippen LogP contribution >= 0.6 is 11.6 Å². The predicted molar refractivity (Wildman–Crippen MR) is 108 cm³/mol. The standard InChI is InChI=1S/C23H19ClN2O/c24-18-12-10-16(11-13-18)21-19-8-4-5-9-20(19)23(27,17-6-2-1-3-7-17)22-25-14-15-26(21)22/h1-13,21,27H,14-15H2/t21-,23-/m0/s1. The summed E-state index contributed by atoms with van der Waals surface area (Å²) in [5.41, 5.74) is 2.76. The van der Waals surface area contributed by atoms with Gasteiger partial charge in [-0.05, 0) is 28.8 Å². The second-order valence-electron chi connectivity index (χ2n) is 7.02. The topological polar surface area (TPSA) is 35.8 Å². The van der Waals surface area contributed by atoms with E-state index in [1.165, 1.54) is 0 Å². The Hall–Kier alpha value is -2.62. The van der Waals surface area contributed by atoms with Gasteiger partial charge in [-0.3, -0.25) is 4.99 Å². The molecule has 3 nitrogen and oxygen atoms in total. The summed E-state index contributed by atoms with van der Waals surface area (Å²) in [7, 11) is 0. The number of hydrogen-bond acceptors (Lipinski definition) is 3. The van der Waals surface area contributed by atoms with Crippen LogP contribution in [0, 0.1) is 0 Å². The summed E-state index contributed by atoms with van der Waals surface area (Å²) in [4.78, 5) is 6.98. The summed E-state index contributed by atoms with van der Waals surface area (Å²) in [6, 6.07) is 26.0. The van der Waals surface area contributed by atoms with E-state index in [9.17, 15) is 5.11 Å². The zero-order chi connectivity index (χ0) is 18.4. The minimum atomic E-state index is -1.24. The Morgan fingerprint density at radius 2 is 1.63 bits per heavy atom. The Balaban J connectivity index is 1.77. The highest BCUT2D eigenvalue weighted by Crippen LogP contribution is 2.47. The maximum Gasteiger partial charge on any atom is 0.172 e. The Bertz CT molecular complexity index is 1020. The largest absolute Gasteiger partial charge is 0.373 e. The van der Waals surface area contributed by atoms with Gasteiger partial charge < -0.3 is 10.0 Å². The van der Waals surface area contributed by atoms with Gasteiger partial charge in [0.05, 0.1) is 12.6 Å². The van der Waals surface area contributed by atoms with Gasteiger partial charge in [0, 0.05) is 17.1 Å². The molecule has 0 bridgehead atoms. The maximum atomic E-state index is 12.0. The van der Waals surface area contributed by atoms with Crippen molar-refractivity contribution in [3.05, 3.63) is 106 Å². The summed E-state index contributed by atoms with van der Waals surface area (Å²) >= 11 is 6.11. The van der Waals surface area contributed by atoms with Crippen LogP contribution in [0.4, 0.5) is 0 Å². The summed E-state index contributed by atoms with van der Waals surface area (Å²) in [6.45, 7) is 1.47. The number of aliphatic imine (C=N–C) groups is 1. The molecule has 2 aliphatic heterocycles. The third-order valence-electron chi connectivity index (χ3n) is 5.53. The molecule has 3 aromatic rings. The molecule has 0 spiro atoms. The van der Waals surface area contributed by atoms with Gasteiger partial charge in [-0.15, -0.1) is 0 Å². The van der Waals surface area contributed by atoms with E-state index < -0.39 is 5.60 Å². The van der Waals surface area contributed by atoms with Crippen molar-refractivity contribution in [3.8, 4) is 0 Å². The third kappa shape index (κ3) is 2.43. The molecule has 0 fully saturated rings. The highest BCUT2D eigenvalue weighted by molar-refractivity contribution is 6.30. The van der Waals surface area contributed by atoms with Gasteiger partial charge in [0.2, 0.25) is 0 Å². The van der Waals surface area contributed by atoms with E-state index in [1.54, 1.807) is 0 Å². The Kier molecular flexibility index (Phi) is 3.81. The number of aliphatic hydroxyl groups is 1. The van der Waals surface area contributed by atoms with Crippen molar-refractivity contribution in [1.29, 1.82) is 0 Å². The second kappa shape index (κ2) is 6.22. The highest BCUT2D eigenvalue weighted by atomic mass is 35.5. The first-order chi connectivity index (χ1) is 13.2. The lowest BCUT2D eigenvalue weighted by atomic mass is 9.75. The number of nitrogens with zero attached hydrogens (tertiary/aromatic N) is 2. The molecule has 3 aromatic carbocycles. The molecule has 0 saturated heterocycles. The van der Waals surface area contributed by atoms with E-state index in [1.807, 2.05) is 60.7 Å². The van der Waals surface area contributed by atoms with Crippen LogP contribution in [0.5, 0.6) is 0 Å². The molecule has 0 aromatic heterocycles. The summed E-state index contributed by atoms with van der Waals surface area (Å²) in [5.74, 6) is 0.729. The monoisotopic (exact) mass is 374 g/mol. The summed E-state index contributed by atoms with van der Waals surface area (Å²) in [5, 5.41) is 12.7. The van der Waals surface area contributed by atoms with Crippen LogP contribution in [-0.2, 0) is 5.60 Å². The third-order valence-corrected chi connectivity index (χ3v) is 5.78. The summed E-state index contributed by atoms with van der Waals surface area (Å²) in [6.07, 6.45) is 0. The van der Waals surface area contributed by atoms with Gasteiger partial charge in [0.15, 0.2) is 5.60 Å². The fraction of sp³-hybridized carbons (Fsp3) is 0.174. The van der Waals surface area contributed by atoms with Gasteiger partial charge in [0.25, 0.3) is 0 Å². The molecular formula is C23H19ClN2O. The van der Waals surface area contributed by atoms with Crippen molar-refractivity contribution >= 4 is 17.4 Å². The Morgan fingerprint density at radius 1 is 0.926 bits per heavy atom. The fourth-order valence-corrected chi connectivity index (χ4v) is 4.48. The average Bonchev–Trinajstić information content (AvgIpc) is 3.20. The molecule has 1 N–H and O–H groups in total. The van der Waals surface area contributed by atoms with Crippen LogP contribution in [0.15, 0.2) is 83.9 Å². The van der Waals surface area contributed by atoms with Crippen LogP contribution in [0.2, 0.25) is 5.02 Å². The molecule has 2 heterocycles. The zero-order valence-electron chi connectivity index (χ0n) is 14.7. The van der Waals surface area contributed by atoms with Gasteiger partial charge in [0.1, 0.15) is 5.84 Å². The van der Waals surface area contributed by atoms with Crippen molar-refractivity contribution in [1.82, 2.24) is 4.90 Å². The van der Waals surface area contributed by atoms with Gasteiger partial charge in [-0.2, -0.15) is 0 Å². The lowest BCUT2D eigenvalue weighted by Crippen LogP contribution is -2.52. The van der Waals surface area contributed by atoms with Crippen molar-refractivity contribution in [3.63, 3.8) is 0 Å². The molecule has 2 atom stereocenters. The van der Waals surface area contributed by atoms with Crippen LogP contribution in [0.25, 0.3) is 0 Å². The molecule has 0 aliphatic carbocycles. The lowest BCUT2D eigenvalue weighted by molar-refractivity contribution is 0.124. The number of amidine groups is 1. The van der Waals surface area contributed by atoms with Crippen molar-refractivity contribution in [2.75, 3.05) is 13.1 Å². The average molecular weight is 375 g/mol. The van der Waals surface area contributed by atoms with E-state index in [0.717, 1.165) is 39.7 Å². The first-order valence-electron chi connectivity index (χ1n) is 9.14. The molecule has 4 heteroatoms. The molecule has 0 radical (unpaired) electrons. The molecule has 0 saturated carbocycles. The zero-order valence-corrected chi connectivity index (χ0v) is 15.5. The Morgan fingerprint density at radius 3 is 2.41 bits per heavy atom. The molecule has 134 valence electrons. The first-order valence-corrected chi connectivity index (χ1v) is 9.52. The predicted octanol–water partition coefficient (Wildman–Crippen LogP) is 4.39. The molecule has 5 rings (SSSR count). The molecule has 2 aliphatic rings. The maximum absolute atomic E-state index is 12.0. The highest BCUT2D eigenvalue weighted by Gasteiger charge is 2.50. The van der Waals surface area contributed by atoms with E-state index in [-0.39, 0.29) is 6.04 Å². The first kappa shape index (κ1) is 16.5. The second-order valence-corrected chi connectivity index (χ2v) is 7.45. The smallest absolute Gasteiger partial charge is 0.172 e.